The third kappa shape index (κ3) is 2.92. The Morgan fingerprint density at radius 2 is 2.00 bits per heavy atom. The fraction of sp³-hybridized carbons (Fsp3) is 0.500. The Hall–Kier alpha value is -1.11. The fourth-order valence-electron chi connectivity index (χ4n) is 1.95. The monoisotopic (exact) mass is 204 g/mol. The van der Waals surface area contributed by atoms with Crippen LogP contribution in [-0.2, 0) is 4.79 Å². The van der Waals surface area contributed by atoms with Gasteiger partial charge in [-0.05, 0) is 31.4 Å². The lowest BCUT2D eigenvalue weighted by molar-refractivity contribution is -0.120. The van der Waals surface area contributed by atoms with E-state index < -0.39 is 0 Å². The second-order valence-electron chi connectivity index (χ2n) is 4.30. The Kier molecular flexibility index (Phi) is 4.07. The molecule has 1 unspecified atom stereocenters. The second kappa shape index (κ2) is 5.11. The molecule has 0 radical (unpaired) electrons. The normalized spacial score (nSPS) is 12.5. The van der Waals surface area contributed by atoms with Crippen LogP contribution in [0.15, 0.2) is 18.2 Å². The van der Waals surface area contributed by atoms with E-state index in [1.54, 1.807) is 0 Å². The number of aryl methyl sites for hydroxylation is 2. The molecule has 0 heterocycles. The summed E-state index contributed by atoms with van der Waals surface area (Å²) in [6.07, 6.45) is 1.63. The zero-order valence-electron chi connectivity index (χ0n) is 10.1. The minimum Gasteiger partial charge on any atom is -0.299 e. The molecule has 1 aromatic carbocycles. The first kappa shape index (κ1) is 12.0. The molecule has 0 amide bonds. The molecule has 0 fully saturated rings. The molecule has 1 aromatic rings. The van der Waals surface area contributed by atoms with Crippen molar-refractivity contribution in [2.24, 2.45) is 0 Å². The minimum atomic E-state index is 0.0468. The van der Waals surface area contributed by atoms with Gasteiger partial charge in [0, 0.05) is 12.3 Å². The molecule has 0 spiro atoms. The lowest BCUT2D eigenvalue weighted by Crippen LogP contribution is -2.09. The highest BCUT2D eigenvalue weighted by Crippen LogP contribution is 2.22. The van der Waals surface area contributed by atoms with Gasteiger partial charge in [0.1, 0.15) is 5.78 Å². The first-order chi connectivity index (χ1) is 7.06. The van der Waals surface area contributed by atoms with Crippen LogP contribution >= 0.6 is 0 Å². The summed E-state index contributed by atoms with van der Waals surface area (Å²) in [5, 5.41) is 0. The van der Waals surface area contributed by atoms with Gasteiger partial charge in [-0.3, -0.25) is 4.79 Å². The molecule has 0 bridgehead atoms. The number of hydrogen-bond donors (Lipinski definition) is 0. The fourth-order valence-corrected chi connectivity index (χ4v) is 1.95. The molecule has 0 N–H and O–H groups in total. The smallest absolute Gasteiger partial charge is 0.140 e. The first-order valence-corrected chi connectivity index (χ1v) is 5.66. The van der Waals surface area contributed by atoms with Crippen molar-refractivity contribution in [2.75, 3.05) is 0 Å². The van der Waals surface area contributed by atoms with Crippen LogP contribution in [0.3, 0.4) is 0 Å². The molecule has 82 valence electrons. The average molecular weight is 204 g/mol. The molecule has 1 atom stereocenters. The largest absolute Gasteiger partial charge is 0.299 e. The summed E-state index contributed by atoms with van der Waals surface area (Å²) in [4.78, 5) is 11.8. The van der Waals surface area contributed by atoms with Gasteiger partial charge >= 0.3 is 0 Å². The highest BCUT2D eigenvalue weighted by Gasteiger charge is 2.15. The van der Waals surface area contributed by atoms with Crippen molar-refractivity contribution in [1.29, 1.82) is 0 Å². The minimum absolute atomic E-state index is 0.0468. The molecule has 15 heavy (non-hydrogen) atoms. The standard InChI is InChI=1S/C14H20O/c1-5-6-14(15)12(4)13-8-7-10(2)9-11(13)3/h7-9,12H,5-6H2,1-4H3. The van der Waals surface area contributed by atoms with Crippen molar-refractivity contribution >= 4 is 5.78 Å². The van der Waals surface area contributed by atoms with Crippen LogP contribution in [-0.4, -0.2) is 5.78 Å². The maximum Gasteiger partial charge on any atom is 0.140 e. The lowest BCUT2D eigenvalue weighted by Gasteiger charge is -2.13. The Labute approximate surface area is 92.5 Å². The van der Waals surface area contributed by atoms with Gasteiger partial charge in [-0.15, -0.1) is 0 Å². The summed E-state index contributed by atoms with van der Waals surface area (Å²) in [6, 6.07) is 6.31. The molecule has 0 saturated heterocycles. The van der Waals surface area contributed by atoms with E-state index in [4.69, 9.17) is 0 Å². The highest BCUT2D eigenvalue weighted by molar-refractivity contribution is 5.85. The summed E-state index contributed by atoms with van der Waals surface area (Å²) in [5.74, 6) is 0.398. The summed E-state index contributed by atoms with van der Waals surface area (Å²) in [7, 11) is 0. The van der Waals surface area contributed by atoms with Crippen LogP contribution < -0.4 is 0 Å². The molecule has 0 aliphatic carbocycles. The van der Waals surface area contributed by atoms with E-state index in [0.29, 0.717) is 12.2 Å². The number of benzene rings is 1. The second-order valence-corrected chi connectivity index (χ2v) is 4.30. The van der Waals surface area contributed by atoms with Crippen LogP contribution in [0.1, 0.15) is 49.3 Å². The SMILES string of the molecule is CCCC(=O)C(C)c1ccc(C)cc1C. The molecule has 0 aliphatic heterocycles. The number of hydrogen-bond acceptors (Lipinski definition) is 1. The highest BCUT2D eigenvalue weighted by atomic mass is 16.1. The third-order valence-electron chi connectivity index (χ3n) is 2.87. The van der Waals surface area contributed by atoms with E-state index in [1.165, 1.54) is 16.7 Å². The molecule has 1 rings (SSSR count). The molecule has 0 aliphatic rings. The van der Waals surface area contributed by atoms with Gasteiger partial charge in [-0.1, -0.05) is 37.6 Å². The molecule has 0 aromatic heterocycles. The van der Waals surface area contributed by atoms with E-state index in [2.05, 4.69) is 32.0 Å². The van der Waals surface area contributed by atoms with Crippen molar-refractivity contribution in [3.05, 3.63) is 34.9 Å². The van der Waals surface area contributed by atoms with E-state index in [0.717, 1.165) is 6.42 Å². The van der Waals surface area contributed by atoms with Crippen molar-refractivity contribution in [1.82, 2.24) is 0 Å². The van der Waals surface area contributed by atoms with Crippen LogP contribution in [0, 0.1) is 13.8 Å². The number of rotatable bonds is 4. The number of carbonyl (C=O) groups excluding carboxylic acids is 1. The van der Waals surface area contributed by atoms with Gasteiger partial charge in [-0.25, -0.2) is 0 Å². The predicted molar refractivity (Wildman–Crippen MR) is 64.2 cm³/mol. The zero-order chi connectivity index (χ0) is 11.4. The van der Waals surface area contributed by atoms with Crippen LogP contribution in [0.4, 0.5) is 0 Å². The molecular formula is C14H20O. The van der Waals surface area contributed by atoms with Gasteiger partial charge in [0.15, 0.2) is 0 Å². The quantitative estimate of drug-likeness (QED) is 0.729. The van der Waals surface area contributed by atoms with E-state index in [9.17, 15) is 4.79 Å². The zero-order valence-corrected chi connectivity index (χ0v) is 10.1. The molecule has 0 saturated carbocycles. The third-order valence-corrected chi connectivity index (χ3v) is 2.87. The van der Waals surface area contributed by atoms with Gasteiger partial charge in [0.25, 0.3) is 0 Å². The Morgan fingerprint density at radius 1 is 1.33 bits per heavy atom. The van der Waals surface area contributed by atoms with E-state index in [-0.39, 0.29) is 5.92 Å². The van der Waals surface area contributed by atoms with Crippen molar-refractivity contribution < 1.29 is 4.79 Å². The summed E-state index contributed by atoms with van der Waals surface area (Å²) in [6.45, 7) is 8.22. The Balaban J connectivity index is 2.91. The van der Waals surface area contributed by atoms with Gasteiger partial charge in [0.2, 0.25) is 0 Å². The van der Waals surface area contributed by atoms with Gasteiger partial charge in [0.05, 0.1) is 0 Å². The van der Waals surface area contributed by atoms with Crippen LogP contribution in [0.2, 0.25) is 0 Å². The Morgan fingerprint density at radius 3 is 2.53 bits per heavy atom. The molecule has 1 nitrogen and oxygen atoms in total. The average Bonchev–Trinajstić information content (AvgIpc) is 2.17. The maximum absolute atomic E-state index is 11.8. The number of ketones is 1. The topological polar surface area (TPSA) is 17.1 Å². The van der Waals surface area contributed by atoms with Crippen molar-refractivity contribution in [3.63, 3.8) is 0 Å². The first-order valence-electron chi connectivity index (χ1n) is 5.66. The summed E-state index contributed by atoms with van der Waals surface area (Å²) >= 11 is 0. The number of carbonyl (C=O) groups is 1. The van der Waals surface area contributed by atoms with Gasteiger partial charge < -0.3 is 0 Å². The van der Waals surface area contributed by atoms with E-state index >= 15 is 0 Å². The lowest BCUT2D eigenvalue weighted by atomic mass is 9.90. The molecule has 1 heteroatoms. The summed E-state index contributed by atoms with van der Waals surface area (Å²) in [5.41, 5.74) is 3.66. The van der Waals surface area contributed by atoms with Crippen LogP contribution in [0.25, 0.3) is 0 Å². The van der Waals surface area contributed by atoms with Crippen LogP contribution in [0.5, 0.6) is 0 Å². The Bertz CT molecular complexity index is 352. The maximum atomic E-state index is 11.8. The van der Waals surface area contributed by atoms with Crippen molar-refractivity contribution in [2.45, 2.75) is 46.5 Å². The summed E-state index contributed by atoms with van der Waals surface area (Å²) < 4.78 is 0. The number of Topliss-reactive ketones (excluding diaryl/α,β-unsaturated/α-hetero) is 1. The predicted octanol–water partition coefficient (Wildman–Crippen LogP) is 3.78. The molecular weight excluding hydrogens is 184 g/mol. The van der Waals surface area contributed by atoms with Crippen molar-refractivity contribution in [3.8, 4) is 0 Å². The van der Waals surface area contributed by atoms with Gasteiger partial charge in [-0.2, -0.15) is 0 Å². The van der Waals surface area contributed by atoms with E-state index in [1.807, 2.05) is 13.8 Å².